The highest BCUT2D eigenvalue weighted by Crippen LogP contribution is 2.56. The van der Waals surface area contributed by atoms with Crippen LogP contribution in [0.15, 0.2) is 108 Å². The van der Waals surface area contributed by atoms with Crippen molar-refractivity contribution in [2.75, 3.05) is 0 Å². The number of benzene rings is 4. The Morgan fingerprint density at radius 1 is 0.615 bits per heavy atom. The smallest absolute Gasteiger partial charge is 0.0622 e. The van der Waals surface area contributed by atoms with Crippen LogP contribution in [0.3, 0.4) is 0 Å². The molecule has 0 saturated heterocycles. The summed E-state index contributed by atoms with van der Waals surface area (Å²) in [5.41, 5.74) is 4.82. The van der Waals surface area contributed by atoms with Gasteiger partial charge in [0.15, 0.2) is 0 Å². The zero-order valence-corrected chi connectivity index (χ0v) is 15.5. The Balaban J connectivity index is 2.07. The van der Waals surface area contributed by atoms with Crippen molar-refractivity contribution in [1.29, 1.82) is 0 Å². The van der Waals surface area contributed by atoms with Crippen LogP contribution < -0.4 is 0 Å². The molecule has 0 N–H and O–H groups in total. The van der Waals surface area contributed by atoms with Crippen molar-refractivity contribution >= 4 is 15.9 Å². The summed E-state index contributed by atoms with van der Waals surface area (Å²) in [5.74, 6) is 0. The predicted molar refractivity (Wildman–Crippen MR) is 111 cm³/mol. The van der Waals surface area contributed by atoms with Crippen LogP contribution in [-0.2, 0) is 5.41 Å². The van der Waals surface area contributed by atoms with Crippen LogP contribution in [-0.4, -0.2) is 0 Å². The van der Waals surface area contributed by atoms with E-state index in [9.17, 15) is 0 Å². The van der Waals surface area contributed by atoms with Gasteiger partial charge in [-0.15, -0.1) is 0 Å². The van der Waals surface area contributed by atoms with Gasteiger partial charge in [0, 0.05) is 4.47 Å². The Hall–Kier alpha value is -2.64. The summed E-state index contributed by atoms with van der Waals surface area (Å²) < 4.78 is 26.5. The first-order chi connectivity index (χ1) is 14.1. The number of halogens is 1. The Morgan fingerprint density at radius 2 is 1.19 bits per heavy atom. The van der Waals surface area contributed by atoms with E-state index in [-0.39, 0.29) is 18.1 Å². The third-order valence-electron chi connectivity index (χ3n) is 5.17. The molecular weight excluding hydrogens is 380 g/mol. The lowest BCUT2D eigenvalue weighted by Gasteiger charge is -2.33. The normalized spacial score (nSPS) is 15.5. The van der Waals surface area contributed by atoms with Crippen molar-refractivity contribution in [1.82, 2.24) is 0 Å². The summed E-state index contributed by atoms with van der Waals surface area (Å²) in [6, 6.07) is 28.9. The molecule has 0 spiro atoms. The second-order valence-electron chi connectivity index (χ2n) is 6.47. The number of fused-ring (bicyclic) bond motifs is 3. The Bertz CT molecular complexity index is 1190. The summed E-state index contributed by atoms with van der Waals surface area (Å²) in [5, 5.41) is 0. The average Bonchev–Trinajstić information content (AvgIpc) is 3.09. The fourth-order valence-corrected chi connectivity index (χ4v) is 4.47. The van der Waals surface area contributed by atoms with Crippen LogP contribution in [0.2, 0.25) is 0 Å². The molecule has 0 unspecified atom stereocenters. The maximum Gasteiger partial charge on any atom is 0.0713 e. The first-order valence-corrected chi connectivity index (χ1v) is 9.38. The highest BCUT2D eigenvalue weighted by Gasteiger charge is 2.45. The average molecular weight is 400 g/mol. The first kappa shape index (κ1) is 12.7. The largest absolute Gasteiger partial charge is 0.0713 e. The molecule has 124 valence electrons. The SMILES string of the molecule is [2H]c1c([2H])c2c(c([2H])c1Br)C(c1ccccc1)(c1ccccc1)c1ccccc1-2. The van der Waals surface area contributed by atoms with Gasteiger partial charge >= 0.3 is 0 Å². The fourth-order valence-electron chi connectivity index (χ4n) is 4.17. The number of rotatable bonds is 2. The summed E-state index contributed by atoms with van der Waals surface area (Å²) in [4.78, 5) is 0. The Labute approximate surface area is 166 Å². The van der Waals surface area contributed by atoms with Gasteiger partial charge < -0.3 is 0 Å². The van der Waals surface area contributed by atoms with E-state index in [2.05, 4.69) is 46.3 Å². The van der Waals surface area contributed by atoms with Gasteiger partial charge in [-0.25, -0.2) is 0 Å². The van der Waals surface area contributed by atoms with Crippen molar-refractivity contribution in [3.05, 3.63) is 130 Å². The molecule has 0 heterocycles. The predicted octanol–water partition coefficient (Wildman–Crippen LogP) is 6.81. The van der Waals surface area contributed by atoms with Crippen molar-refractivity contribution in [3.63, 3.8) is 0 Å². The molecule has 0 aliphatic heterocycles. The summed E-state index contributed by atoms with van der Waals surface area (Å²) >= 11 is 3.43. The monoisotopic (exact) mass is 399 g/mol. The second kappa shape index (κ2) is 5.96. The molecule has 0 fully saturated rings. The van der Waals surface area contributed by atoms with E-state index >= 15 is 0 Å². The van der Waals surface area contributed by atoms with Crippen LogP contribution in [0.5, 0.6) is 0 Å². The zero-order valence-electron chi connectivity index (χ0n) is 17.0. The van der Waals surface area contributed by atoms with E-state index in [0.717, 1.165) is 27.8 Å². The van der Waals surface area contributed by atoms with E-state index in [4.69, 9.17) is 4.11 Å². The third kappa shape index (κ3) is 2.07. The molecule has 0 amide bonds. The van der Waals surface area contributed by atoms with Gasteiger partial charge in [0.1, 0.15) is 0 Å². The van der Waals surface area contributed by atoms with E-state index in [1.807, 2.05) is 54.6 Å². The Morgan fingerprint density at radius 3 is 1.85 bits per heavy atom. The van der Waals surface area contributed by atoms with Gasteiger partial charge in [0.2, 0.25) is 0 Å². The van der Waals surface area contributed by atoms with Gasteiger partial charge in [0.05, 0.1) is 9.53 Å². The molecule has 1 heteroatoms. The topological polar surface area (TPSA) is 0 Å². The standard InChI is InChI=1S/C25H17Br/c26-20-15-16-22-21-13-7-8-14-23(21)25(24(22)17-20,18-9-3-1-4-10-18)19-11-5-2-6-12-19/h1-17H/i15D,16D,17D. The molecule has 0 radical (unpaired) electrons. The molecule has 0 nitrogen and oxygen atoms in total. The van der Waals surface area contributed by atoms with Crippen LogP contribution >= 0.6 is 15.9 Å². The van der Waals surface area contributed by atoms with E-state index in [0.29, 0.717) is 10.0 Å². The second-order valence-corrected chi connectivity index (χ2v) is 7.26. The van der Waals surface area contributed by atoms with Crippen molar-refractivity contribution in [3.8, 4) is 11.1 Å². The highest BCUT2D eigenvalue weighted by atomic mass is 79.9. The van der Waals surface area contributed by atoms with Crippen molar-refractivity contribution < 1.29 is 4.11 Å². The lowest BCUT2D eigenvalue weighted by atomic mass is 9.68. The highest BCUT2D eigenvalue weighted by molar-refractivity contribution is 9.10. The van der Waals surface area contributed by atoms with E-state index < -0.39 is 5.41 Å². The van der Waals surface area contributed by atoms with E-state index in [1.165, 1.54) is 0 Å². The van der Waals surface area contributed by atoms with Crippen LogP contribution in [0.25, 0.3) is 11.1 Å². The van der Waals surface area contributed by atoms with Gasteiger partial charge in [0.25, 0.3) is 0 Å². The van der Waals surface area contributed by atoms with Gasteiger partial charge in [-0.1, -0.05) is 107 Å². The van der Waals surface area contributed by atoms with Crippen LogP contribution in [0.1, 0.15) is 26.4 Å². The molecule has 26 heavy (non-hydrogen) atoms. The van der Waals surface area contributed by atoms with Crippen LogP contribution in [0, 0.1) is 0 Å². The van der Waals surface area contributed by atoms with Gasteiger partial charge in [-0.2, -0.15) is 0 Å². The first-order valence-electron chi connectivity index (χ1n) is 10.1. The maximum absolute atomic E-state index is 8.99. The maximum atomic E-state index is 8.99. The minimum absolute atomic E-state index is 0.0560. The minimum atomic E-state index is -0.711. The number of hydrogen-bond acceptors (Lipinski definition) is 0. The quantitative estimate of drug-likeness (QED) is 0.305. The molecule has 1 aliphatic rings. The fraction of sp³-hybridized carbons (Fsp3) is 0.0400. The molecular formula is C25H17Br. The number of hydrogen-bond donors (Lipinski definition) is 0. The zero-order chi connectivity index (χ0) is 20.2. The molecule has 0 bridgehead atoms. The van der Waals surface area contributed by atoms with E-state index in [1.54, 1.807) is 0 Å². The molecule has 1 aliphatic carbocycles. The van der Waals surface area contributed by atoms with Crippen molar-refractivity contribution in [2.24, 2.45) is 0 Å². The molecule has 4 aromatic rings. The minimum Gasteiger partial charge on any atom is -0.0622 e. The van der Waals surface area contributed by atoms with Crippen molar-refractivity contribution in [2.45, 2.75) is 5.41 Å². The summed E-state index contributed by atoms with van der Waals surface area (Å²) in [6.07, 6.45) is 0. The molecule has 0 saturated carbocycles. The molecule has 5 rings (SSSR count). The molecule has 0 aromatic heterocycles. The van der Waals surface area contributed by atoms with Gasteiger partial charge in [-0.05, 0) is 45.5 Å². The lowest BCUT2D eigenvalue weighted by Crippen LogP contribution is -2.28. The Kier molecular flexibility index (Phi) is 2.91. The summed E-state index contributed by atoms with van der Waals surface area (Å²) in [7, 11) is 0. The van der Waals surface area contributed by atoms with Gasteiger partial charge in [-0.3, -0.25) is 0 Å². The molecule has 4 aromatic carbocycles. The molecule has 0 atom stereocenters. The van der Waals surface area contributed by atoms with Crippen LogP contribution in [0.4, 0.5) is 0 Å². The lowest BCUT2D eigenvalue weighted by molar-refractivity contribution is 0.768. The third-order valence-corrected chi connectivity index (χ3v) is 5.57. The summed E-state index contributed by atoms with van der Waals surface area (Å²) in [6.45, 7) is 0.